The Morgan fingerprint density at radius 1 is 1.13 bits per heavy atom. The Kier molecular flexibility index (Phi) is 7.29. The van der Waals surface area contributed by atoms with Gasteiger partial charge in [-0.2, -0.15) is 0 Å². The smallest absolute Gasteiger partial charge is 0.345 e. The summed E-state index contributed by atoms with van der Waals surface area (Å²) in [5, 5.41) is 4.56. The number of esters is 2. The topological polar surface area (TPSA) is 91.5 Å². The van der Waals surface area contributed by atoms with E-state index in [1.165, 1.54) is 12.4 Å². The highest BCUT2D eigenvalue weighted by Gasteiger charge is 2.25. The lowest BCUT2D eigenvalue weighted by Gasteiger charge is -2.06. The van der Waals surface area contributed by atoms with Gasteiger partial charge in [0.25, 0.3) is 0 Å². The highest BCUT2D eigenvalue weighted by Crippen LogP contribution is 2.36. The van der Waals surface area contributed by atoms with Gasteiger partial charge in [-0.05, 0) is 32.0 Å². The molecule has 158 valence electrons. The first kappa shape index (κ1) is 22.3. The van der Waals surface area contributed by atoms with Crippen LogP contribution in [-0.2, 0) is 9.47 Å². The van der Waals surface area contributed by atoms with Crippen LogP contribution >= 0.6 is 23.2 Å². The number of halogens is 2. The SMILES string of the molecule is CCOC(=O)c1cncc(C#CCOC(=O)c2c(-c3c(Cl)cccc3Cl)noc2C)c1. The molecule has 0 amide bonds. The summed E-state index contributed by atoms with van der Waals surface area (Å²) in [6.45, 7) is 3.35. The summed E-state index contributed by atoms with van der Waals surface area (Å²) < 4.78 is 15.3. The fraction of sp³-hybridized carbons (Fsp3) is 0.182. The highest BCUT2D eigenvalue weighted by atomic mass is 35.5. The van der Waals surface area contributed by atoms with E-state index in [1.807, 2.05) is 0 Å². The van der Waals surface area contributed by atoms with Crippen molar-refractivity contribution in [3.05, 3.63) is 69.2 Å². The summed E-state index contributed by atoms with van der Waals surface area (Å²) >= 11 is 12.4. The third-order valence-corrected chi connectivity index (χ3v) is 4.65. The first-order valence-corrected chi connectivity index (χ1v) is 9.86. The van der Waals surface area contributed by atoms with Crippen LogP contribution in [0.15, 0.2) is 41.2 Å². The molecule has 9 heteroatoms. The van der Waals surface area contributed by atoms with Gasteiger partial charge in [0.1, 0.15) is 17.0 Å². The molecule has 2 aromatic heterocycles. The van der Waals surface area contributed by atoms with Gasteiger partial charge in [-0.3, -0.25) is 4.98 Å². The number of aryl methyl sites for hydroxylation is 1. The van der Waals surface area contributed by atoms with Crippen molar-refractivity contribution >= 4 is 35.1 Å². The first-order chi connectivity index (χ1) is 14.9. The maximum atomic E-state index is 12.6. The molecule has 0 aliphatic carbocycles. The van der Waals surface area contributed by atoms with E-state index in [1.54, 1.807) is 38.1 Å². The molecule has 0 saturated heterocycles. The molecule has 0 radical (unpaired) electrons. The Labute approximate surface area is 188 Å². The van der Waals surface area contributed by atoms with Crippen LogP contribution in [0, 0.1) is 18.8 Å². The summed E-state index contributed by atoms with van der Waals surface area (Å²) in [5.41, 5.74) is 1.45. The van der Waals surface area contributed by atoms with Gasteiger partial charge < -0.3 is 14.0 Å². The van der Waals surface area contributed by atoms with Crippen molar-refractivity contribution in [2.45, 2.75) is 13.8 Å². The van der Waals surface area contributed by atoms with Crippen LogP contribution in [0.4, 0.5) is 0 Å². The predicted octanol–water partition coefficient (Wildman–Crippen LogP) is 4.74. The molecule has 0 aliphatic heterocycles. The fourth-order valence-corrected chi connectivity index (χ4v) is 3.23. The number of pyridine rings is 1. The van der Waals surface area contributed by atoms with E-state index in [9.17, 15) is 9.59 Å². The minimum atomic E-state index is -0.683. The molecule has 3 aromatic rings. The molecule has 31 heavy (non-hydrogen) atoms. The van der Waals surface area contributed by atoms with E-state index in [2.05, 4.69) is 22.0 Å². The van der Waals surface area contributed by atoms with Gasteiger partial charge in [-0.25, -0.2) is 9.59 Å². The van der Waals surface area contributed by atoms with Crippen LogP contribution in [0.25, 0.3) is 11.3 Å². The van der Waals surface area contributed by atoms with Gasteiger partial charge in [-0.1, -0.05) is 46.3 Å². The summed E-state index contributed by atoms with van der Waals surface area (Å²) in [4.78, 5) is 28.3. The fourth-order valence-electron chi connectivity index (χ4n) is 2.65. The Morgan fingerprint density at radius 2 is 1.87 bits per heavy atom. The van der Waals surface area contributed by atoms with Crippen molar-refractivity contribution in [2.24, 2.45) is 0 Å². The Balaban J connectivity index is 1.74. The Bertz CT molecular complexity index is 1170. The van der Waals surface area contributed by atoms with Crippen LogP contribution in [0.2, 0.25) is 10.0 Å². The second kappa shape index (κ2) is 10.1. The van der Waals surface area contributed by atoms with Gasteiger partial charge in [-0.15, -0.1) is 0 Å². The van der Waals surface area contributed by atoms with E-state index < -0.39 is 11.9 Å². The average molecular weight is 459 g/mol. The quantitative estimate of drug-likeness (QED) is 0.402. The maximum Gasteiger partial charge on any atom is 0.345 e. The van der Waals surface area contributed by atoms with Crippen LogP contribution in [0.1, 0.15) is 39.0 Å². The lowest BCUT2D eigenvalue weighted by atomic mass is 10.1. The van der Waals surface area contributed by atoms with Gasteiger partial charge in [0.05, 0.1) is 22.2 Å². The molecular weight excluding hydrogens is 443 g/mol. The third-order valence-electron chi connectivity index (χ3n) is 4.02. The third kappa shape index (κ3) is 5.23. The predicted molar refractivity (Wildman–Crippen MR) is 114 cm³/mol. The van der Waals surface area contributed by atoms with Crippen molar-refractivity contribution in [3.63, 3.8) is 0 Å². The lowest BCUT2D eigenvalue weighted by molar-refractivity contribution is 0.0523. The summed E-state index contributed by atoms with van der Waals surface area (Å²) in [7, 11) is 0. The van der Waals surface area contributed by atoms with Gasteiger partial charge in [0, 0.05) is 23.5 Å². The number of carbonyl (C=O) groups excluding carboxylic acids is 2. The van der Waals surface area contributed by atoms with E-state index in [4.69, 9.17) is 37.2 Å². The van der Waals surface area contributed by atoms with E-state index >= 15 is 0 Å². The Hall–Kier alpha value is -3.34. The highest BCUT2D eigenvalue weighted by molar-refractivity contribution is 6.39. The van der Waals surface area contributed by atoms with Crippen molar-refractivity contribution in [1.82, 2.24) is 10.1 Å². The standard InChI is InChI=1S/C22H16Cl2N2O5/c1-3-29-21(27)15-10-14(11-25-12-15)6-5-9-30-22(28)18-13(2)31-26-20(18)19-16(23)7-4-8-17(19)24/h4,7-8,10-12H,3,9H2,1-2H3. The number of rotatable bonds is 5. The monoisotopic (exact) mass is 458 g/mol. The molecule has 0 unspecified atom stereocenters. The zero-order chi connectivity index (χ0) is 22.4. The van der Waals surface area contributed by atoms with Crippen molar-refractivity contribution in [1.29, 1.82) is 0 Å². The normalized spacial score (nSPS) is 10.2. The molecule has 7 nitrogen and oxygen atoms in total. The second-order valence-corrected chi connectivity index (χ2v) is 6.93. The number of aromatic nitrogens is 2. The lowest BCUT2D eigenvalue weighted by Crippen LogP contribution is -2.08. The van der Waals surface area contributed by atoms with Gasteiger partial charge >= 0.3 is 11.9 Å². The van der Waals surface area contributed by atoms with Crippen LogP contribution in [0.3, 0.4) is 0 Å². The van der Waals surface area contributed by atoms with Crippen molar-refractivity contribution in [3.8, 4) is 23.1 Å². The van der Waals surface area contributed by atoms with Gasteiger partial charge in [0.2, 0.25) is 0 Å². The molecule has 2 heterocycles. The van der Waals surface area contributed by atoms with E-state index in [0.29, 0.717) is 21.2 Å². The molecular formula is C22H16Cl2N2O5. The van der Waals surface area contributed by atoms with E-state index in [-0.39, 0.29) is 35.8 Å². The summed E-state index contributed by atoms with van der Waals surface area (Å²) in [6.07, 6.45) is 2.87. The van der Waals surface area contributed by atoms with Crippen LogP contribution in [0.5, 0.6) is 0 Å². The largest absolute Gasteiger partial charge is 0.462 e. The second-order valence-electron chi connectivity index (χ2n) is 6.12. The molecule has 3 rings (SSSR count). The first-order valence-electron chi connectivity index (χ1n) is 9.11. The molecule has 1 aromatic carbocycles. The number of hydrogen-bond donors (Lipinski definition) is 0. The number of ether oxygens (including phenoxy) is 2. The number of benzene rings is 1. The number of nitrogens with zero attached hydrogens (tertiary/aromatic N) is 2. The minimum Gasteiger partial charge on any atom is -0.462 e. The minimum absolute atomic E-state index is 0.114. The molecule has 0 fully saturated rings. The Morgan fingerprint density at radius 3 is 2.58 bits per heavy atom. The molecule has 0 aliphatic rings. The van der Waals surface area contributed by atoms with Crippen molar-refractivity contribution < 1.29 is 23.6 Å². The summed E-state index contributed by atoms with van der Waals surface area (Å²) in [6, 6.07) is 6.49. The number of carbonyl (C=O) groups is 2. The van der Waals surface area contributed by atoms with E-state index in [0.717, 1.165) is 0 Å². The van der Waals surface area contributed by atoms with Gasteiger partial charge in [0.15, 0.2) is 6.61 Å². The number of hydrogen-bond acceptors (Lipinski definition) is 7. The van der Waals surface area contributed by atoms with Crippen LogP contribution in [-0.4, -0.2) is 35.3 Å². The van der Waals surface area contributed by atoms with Crippen LogP contribution < -0.4 is 0 Å². The maximum absolute atomic E-state index is 12.6. The molecule has 0 atom stereocenters. The zero-order valence-electron chi connectivity index (χ0n) is 16.6. The molecule has 0 spiro atoms. The molecule has 0 saturated carbocycles. The summed E-state index contributed by atoms with van der Waals surface area (Å²) in [5.74, 6) is 4.58. The van der Waals surface area contributed by atoms with Crippen molar-refractivity contribution in [2.75, 3.05) is 13.2 Å². The molecule has 0 bridgehead atoms. The molecule has 0 N–H and O–H groups in total. The zero-order valence-corrected chi connectivity index (χ0v) is 18.1. The average Bonchev–Trinajstić information content (AvgIpc) is 3.12.